The van der Waals surface area contributed by atoms with E-state index in [-0.39, 0.29) is 11.8 Å². The van der Waals surface area contributed by atoms with Crippen LogP contribution in [0.1, 0.15) is 18.5 Å². The monoisotopic (exact) mass is 269 g/mol. The van der Waals surface area contributed by atoms with Crippen molar-refractivity contribution in [3.8, 4) is 0 Å². The molecule has 6 nitrogen and oxygen atoms in total. The maximum atomic E-state index is 11.7. The van der Waals surface area contributed by atoms with Gasteiger partial charge in [-0.2, -0.15) is 0 Å². The van der Waals surface area contributed by atoms with Crippen molar-refractivity contribution < 1.29 is 4.79 Å². The second kappa shape index (κ2) is 6.10. The summed E-state index contributed by atoms with van der Waals surface area (Å²) in [5.74, 6) is 0.248. The number of nitrogens with one attached hydrogen (secondary N) is 2. The van der Waals surface area contributed by atoms with Crippen LogP contribution in [0.3, 0.4) is 0 Å². The fraction of sp³-hybridized carbons (Fsp3) is 0.727. The average Bonchev–Trinajstić information content (AvgIpc) is 2.85. The van der Waals surface area contributed by atoms with E-state index < -0.39 is 0 Å². The highest BCUT2D eigenvalue weighted by atomic mass is 32.1. The maximum Gasteiger partial charge on any atom is 0.224 e. The molecule has 1 aromatic heterocycles. The Morgan fingerprint density at radius 2 is 2.39 bits per heavy atom. The van der Waals surface area contributed by atoms with Gasteiger partial charge < -0.3 is 10.6 Å². The largest absolute Gasteiger partial charge is 0.377 e. The van der Waals surface area contributed by atoms with Crippen LogP contribution in [0.2, 0.25) is 0 Å². The van der Waals surface area contributed by atoms with Gasteiger partial charge in [0, 0.05) is 38.7 Å². The lowest BCUT2D eigenvalue weighted by Crippen LogP contribution is -2.41. The van der Waals surface area contributed by atoms with E-state index in [2.05, 4.69) is 25.1 Å². The molecule has 2 N–H and O–H groups in total. The van der Waals surface area contributed by atoms with E-state index in [1.165, 1.54) is 11.5 Å². The van der Waals surface area contributed by atoms with Crippen LogP contribution >= 0.6 is 11.5 Å². The van der Waals surface area contributed by atoms with E-state index in [1.807, 2.05) is 7.05 Å². The third kappa shape index (κ3) is 2.97. The standard InChI is InChI=1S/C11H19N5OS/c1-12-10(17)8-4-3-5-16(6-8)7-9-11(13-2)18-15-14-9/h8,13H,3-7H2,1-2H3,(H,12,17). The molecule has 7 heteroatoms. The van der Waals surface area contributed by atoms with Gasteiger partial charge in [0.2, 0.25) is 5.91 Å². The molecular weight excluding hydrogens is 250 g/mol. The molecule has 0 saturated carbocycles. The van der Waals surface area contributed by atoms with E-state index in [0.717, 1.165) is 43.2 Å². The number of likely N-dealkylation sites (tertiary alicyclic amines) is 1. The minimum absolute atomic E-state index is 0.105. The zero-order valence-electron chi connectivity index (χ0n) is 10.8. The number of hydrogen-bond acceptors (Lipinski definition) is 6. The number of anilines is 1. The molecule has 1 fully saturated rings. The van der Waals surface area contributed by atoms with Gasteiger partial charge in [-0.25, -0.2) is 0 Å². The number of rotatable bonds is 4. The summed E-state index contributed by atoms with van der Waals surface area (Å²) in [5.41, 5.74) is 0.972. The Morgan fingerprint density at radius 1 is 1.56 bits per heavy atom. The summed E-state index contributed by atoms with van der Waals surface area (Å²) < 4.78 is 3.95. The lowest BCUT2D eigenvalue weighted by molar-refractivity contribution is -0.126. The first-order valence-corrected chi connectivity index (χ1v) is 6.95. The highest BCUT2D eigenvalue weighted by Gasteiger charge is 2.25. The Morgan fingerprint density at radius 3 is 3.11 bits per heavy atom. The number of amides is 1. The molecule has 2 heterocycles. The van der Waals surface area contributed by atoms with Crippen molar-refractivity contribution in [1.29, 1.82) is 0 Å². The van der Waals surface area contributed by atoms with Crippen molar-refractivity contribution in [2.24, 2.45) is 5.92 Å². The number of aromatic nitrogens is 2. The predicted molar refractivity (Wildman–Crippen MR) is 71.5 cm³/mol. The number of hydrogen-bond donors (Lipinski definition) is 2. The van der Waals surface area contributed by atoms with Gasteiger partial charge in [0.25, 0.3) is 0 Å². The molecular formula is C11H19N5OS. The lowest BCUT2D eigenvalue weighted by atomic mass is 9.97. The second-order valence-electron chi connectivity index (χ2n) is 4.49. The Hall–Kier alpha value is -1.21. The highest BCUT2D eigenvalue weighted by Crippen LogP contribution is 2.22. The van der Waals surface area contributed by atoms with Crippen LogP contribution in [-0.2, 0) is 11.3 Å². The molecule has 0 aromatic carbocycles. The van der Waals surface area contributed by atoms with Gasteiger partial charge in [0.05, 0.1) is 5.92 Å². The zero-order valence-corrected chi connectivity index (χ0v) is 11.6. The highest BCUT2D eigenvalue weighted by molar-refractivity contribution is 7.10. The first-order valence-electron chi connectivity index (χ1n) is 6.17. The fourth-order valence-corrected chi connectivity index (χ4v) is 2.85. The van der Waals surface area contributed by atoms with Crippen LogP contribution in [0.15, 0.2) is 0 Å². The van der Waals surface area contributed by atoms with Crippen molar-refractivity contribution in [3.05, 3.63) is 5.69 Å². The van der Waals surface area contributed by atoms with Gasteiger partial charge in [-0.15, -0.1) is 5.10 Å². The summed E-state index contributed by atoms with van der Waals surface area (Å²) in [6.07, 6.45) is 2.04. The smallest absolute Gasteiger partial charge is 0.224 e. The Balaban J connectivity index is 1.95. The molecule has 2 rings (SSSR count). The van der Waals surface area contributed by atoms with Crippen LogP contribution in [0.4, 0.5) is 5.00 Å². The third-order valence-electron chi connectivity index (χ3n) is 3.28. The molecule has 1 aliphatic heterocycles. The number of piperidine rings is 1. The SMILES string of the molecule is CNC(=O)C1CCCN(Cc2nnsc2NC)C1. The summed E-state index contributed by atoms with van der Waals surface area (Å²) in [6.45, 7) is 2.59. The molecule has 1 saturated heterocycles. The maximum absolute atomic E-state index is 11.7. The van der Waals surface area contributed by atoms with Crippen molar-refractivity contribution in [1.82, 2.24) is 19.8 Å². The minimum Gasteiger partial charge on any atom is -0.377 e. The van der Waals surface area contributed by atoms with E-state index in [4.69, 9.17) is 0 Å². The molecule has 18 heavy (non-hydrogen) atoms. The van der Waals surface area contributed by atoms with Crippen LogP contribution in [-0.4, -0.2) is 47.6 Å². The Labute approximate surface area is 111 Å². The van der Waals surface area contributed by atoms with Crippen LogP contribution in [0.25, 0.3) is 0 Å². The minimum atomic E-state index is 0.105. The van der Waals surface area contributed by atoms with Gasteiger partial charge in [0.15, 0.2) is 0 Å². The fourth-order valence-electron chi connectivity index (χ4n) is 2.33. The van der Waals surface area contributed by atoms with E-state index in [9.17, 15) is 4.79 Å². The summed E-state index contributed by atoms with van der Waals surface area (Å²) in [4.78, 5) is 13.9. The average molecular weight is 269 g/mol. The molecule has 0 bridgehead atoms. The summed E-state index contributed by atoms with van der Waals surface area (Å²) in [5, 5.41) is 11.0. The number of carbonyl (C=O) groups is 1. The summed E-state index contributed by atoms with van der Waals surface area (Å²) in [7, 11) is 3.58. The topological polar surface area (TPSA) is 70.2 Å². The van der Waals surface area contributed by atoms with Gasteiger partial charge >= 0.3 is 0 Å². The van der Waals surface area contributed by atoms with Crippen molar-refractivity contribution >= 4 is 22.4 Å². The first kappa shape index (κ1) is 13.2. The first-order chi connectivity index (χ1) is 8.74. The molecule has 1 amide bonds. The molecule has 1 aromatic rings. The number of nitrogens with zero attached hydrogens (tertiary/aromatic N) is 3. The van der Waals surface area contributed by atoms with E-state index in [1.54, 1.807) is 7.05 Å². The molecule has 100 valence electrons. The second-order valence-corrected chi connectivity index (χ2v) is 5.24. The predicted octanol–water partition coefficient (Wildman–Crippen LogP) is 0.538. The van der Waals surface area contributed by atoms with Crippen LogP contribution in [0.5, 0.6) is 0 Å². The summed E-state index contributed by atoms with van der Waals surface area (Å²) in [6, 6.07) is 0. The molecule has 1 aliphatic rings. The van der Waals surface area contributed by atoms with Gasteiger partial charge in [0.1, 0.15) is 10.7 Å². The molecule has 1 unspecified atom stereocenters. The lowest BCUT2D eigenvalue weighted by Gasteiger charge is -2.31. The zero-order chi connectivity index (χ0) is 13.0. The quantitative estimate of drug-likeness (QED) is 0.835. The van der Waals surface area contributed by atoms with Gasteiger partial charge in [-0.1, -0.05) is 4.49 Å². The molecule has 0 spiro atoms. The third-order valence-corrected chi connectivity index (χ3v) is 4.06. The molecule has 1 atom stereocenters. The van der Waals surface area contributed by atoms with Crippen molar-refractivity contribution in [3.63, 3.8) is 0 Å². The number of carbonyl (C=O) groups excluding carboxylic acids is 1. The summed E-state index contributed by atoms with van der Waals surface area (Å²) >= 11 is 1.37. The van der Waals surface area contributed by atoms with Crippen molar-refractivity contribution in [2.75, 3.05) is 32.5 Å². The normalized spacial score (nSPS) is 20.7. The molecule has 0 aliphatic carbocycles. The van der Waals surface area contributed by atoms with Gasteiger partial charge in [-0.3, -0.25) is 9.69 Å². The Kier molecular flexibility index (Phi) is 4.48. The Bertz CT molecular complexity index is 408. The van der Waals surface area contributed by atoms with Crippen molar-refractivity contribution in [2.45, 2.75) is 19.4 Å². The van der Waals surface area contributed by atoms with Crippen LogP contribution in [0, 0.1) is 5.92 Å². The van der Waals surface area contributed by atoms with Gasteiger partial charge in [-0.05, 0) is 19.4 Å². The van der Waals surface area contributed by atoms with E-state index in [0.29, 0.717) is 0 Å². The van der Waals surface area contributed by atoms with E-state index >= 15 is 0 Å². The van der Waals surface area contributed by atoms with Crippen LogP contribution < -0.4 is 10.6 Å². The molecule has 0 radical (unpaired) electrons.